The van der Waals surface area contributed by atoms with Crippen LogP contribution in [0.25, 0.3) is 16.8 Å². The van der Waals surface area contributed by atoms with Gasteiger partial charge in [0.05, 0.1) is 15.4 Å². The molecule has 0 aliphatic heterocycles. The van der Waals surface area contributed by atoms with Crippen LogP contribution in [0, 0.1) is 14.9 Å². The Morgan fingerprint density at radius 3 is 2.92 bits per heavy atom. The van der Waals surface area contributed by atoms with Gasteiger partial charge >= 0.3 is 0 Å². The van der Waals surface area contributed by atoms with Gasteiger partial charge in [-0.2, -0.15) is 14.9 Å². The largest absolute Gasteiger partial charge is 0.276 e. The molecule has 2 aromatic heterocycles. The Morgan fingerprint density at radius 2 is 2.17 bits per heavy atom. The molecule has 0 saturated carbocycles. The Hall–Kier alpha value is -2.91. The molecule has 0 bridgehead atoms. The number of thiophene rings is 1. The summed E-state index contributed by atoms with van der Waals surface area (Å²) in [5, 5.41) is 24.0. The lowest BCUT2D eigenvalue weighted by Gasteiger charge is -1.96. The number of para-hydroxylation sites is 1. The zero-order valence-corrected chi connectivity index (χ0v) is 13.8. The van der Waals surface area contributed by atoms with E-state index in [0.717, 1.165) is 4.88 Å². The average Bonchev–Trinajstić information content (AvgIpc) is 3.22. The highest BCUT2D eigenvalue weighted by molar-refractivity contribution is 7.71. The molecular weight excluding hydrogens is 346 g/mol. The highest BCUT2D eigenvalue weighted by atomic mass is 32.1. The molecule has 2 heterocycles. The van der Waals surface area contributed by atoms with Gasteiger partial charge in [-0.1, -0.05) is 18.2 Å². The van der Waals surface area contributed by atoms with Crippen molar-refractivity contribution in [3.63, 3.8) is 0 Å². The van der Waals surface area contributed by atoms with Gasteiger partial charge in [-0.3, -0.25) is 10.1 Å². The highest BCUT2D eigenvalue weighted by Gasteiger charge is 2.09. The van der Waals surface area contributed by atoms with E-state index in [-0.39, 0.29) is 5.69 Å². The fraction of sp³-hybridized carbons (Fsp3) is 0. The van der Waals surface area contributed by atoms with Crippen LogP contribution in [0.2, 0.25) is 0 Å². The Kier molecular flexibility index (Phi) is 4.73. The summed E-state index contributed by atoms with van der Waals surface area (Å²) in [6.45, 7) is 0. The van der Waals surface area contributed by atoms with Crippen LogP contribution < -0.4 is 0 Å². The van der Waals surface area contributed by atoms with Crippen molar-refractivity contribution in [3.8, 4) is 10.7 Å². The number of nitrogens with one attached hydrogen (secondary N) is 1. The number of nitro groups is 1. The molecule has 0 aliphatic rings. The fourth-order valence-corrected chi connectivity index (χ4v) is 2.89. The molecule has 1 aromatic carbocycles. The summed E-state index contributed by atoms with van der Waals surface area (Å²) in [6, 6.07) is 10.3. The molecule has 0 amide bonds. The number of hydrogen-bond donors (Lipinski definition) is 1. The Labute approximate surface area is 145 Å². The number of aromatic amines is 1. The van der Waals surface area contributed by atoms with Crippen molar-refractivity contribution in [1.29, 1.82) is 0 Å². The van der Waals surface area contributed by atoms with Crippen molar-refractivity contribution in [3.05, 3.63) is 68.3 Å². The first kappa shape index (κ1) is 16.0. The zero-order valence-electron chi connectivity index (χ0n) is 12.2. The van der Waals surface area contributed by atoms with Crippen molar-refractivity contribution in [2.75, 3.05) is 0 Å². The van der Waals surface area contributed by atoms with Gasteiger partial charge in [0.2, 0.25) is 4.77 Å². The molecule has 7 nitrogen and oxygen atoms in total. The summed E-state index contributed by atoms with van der Waals surface area (Å²) in [5.74, 6) is 0.616. The van der Waals surface area contributed by atoms with Gasteiger partial charge in [0.15, 0.2) is 5.82 Å². The topological polar surface area (TPSA) is 89.1 Å². The SMILES string of the molecule is O=[N+]([O-])c1ccccc1C=CC=Nn1c(-c2cccs2)n[nH]c1=S. The first-order chi connectivity index (χ1) is 11.7. The standard InChI is InChI=1S/C15H11N5O2S2/c21-20(22)12-7-2-1-5-11(12)6-3-9-16-19-14(17-18-15(19)23)13-8-4-10-24-13/h1-10H,(H,18,23). The first-order valence-electron chi connectivity index (χ1n) is 6.82. The van der Waals surface area contributed by atoms with Crippen molar-refractivity contribution < 1.29 is 4.92 Å². The molecule has 0 fully saturated rings. The van der Waals surface area contributed by atoms with Gasteiger partial charge in [0.25, 0.3) is 5.69 Å². The lowest BCUT2D eigenvalue weighted by molar-refractivity contribution is -0.385. The van der Waals surface area contributed by atoms with Crippen LogP contribution in [0.15, 0.2) is 53.0 Å². The van der Waals surface area contributed by atoms with Gasteiger partial charge in [-0.15, -0.1) is 11.3 Å². The second kappa shape index (κ2) is 7.11. The molecule has 0 atom stereocenters. The quantitative estimate of drug-likeness (QED) is 0.322. The minimum absolute atomic E-state index is 0.0429. The molecule has 24 heavy (non-hydrogen) atoms. The number of aromatic nitrogens is 3. The van der Waals surface area contributed by atoms with Crippen LogP contribution in [0.5, 0.6) is 0 Å². The maximum atomic E-state index is 11.0. The van der Waals surface area contributed by atoms with E-state index in [0.29, 0.717) is 16.2 Å². The van der Waals surface area contributed by atoms with Crippen LogP contribution in [-0.4, -0.2) is 26.0 Å². The Morgan fingerprint density at radius 1 is 1.33 bits per heavy atom. The predicted molar refractivity (Wildman–Crippen MR) is 96.7 cm³/mol. The maximum Gasteiger partial charge on any atom is 0.276 e. The number of rotatable bonds is 5. The second-order valence-corrected chi connectivity index (χ2v) is 5.92. The zero-order chi connectivity index (χ0) is 16.9. The normalized spacial score (nSPS) is 11.5. The summed E-state index contributed by atoms with van der Waals surface area (Å²) in [6.07, 6.45) is 4.75. The van der Waals surface area contributed by atoms with Gasteiger partial charge < -0.3 is 0 Å². The minimum Gasteiger partial charge on any atom is -0.258 e. The van der Waals surface area contributed by atoms with Crippen LogP contribution >= 0.6 is 23.6 Å². The summed E-state index contributed by atoms with van der Waals surface area (Å²) < 4.78 is 1.87. The monoisotopic (exact) mass is 357 g/mol. The third-order valence-corrected chi connectivity index (χ3v) is 4.20. The van der Waals surface area contributed by atoms with Gasteiger partial charge in [-0.25, -0.2) is 5.10 Å². The molecule has 1 N–H and O–H groups in total. The summed E-state index contributed by atoms with van der Waals surface area (Å²) in [7, 11) is 0. The third kappa shape index (κ3) is 3.36. The maximum absolute atomic E-state index is 11.0. The molecule has 0 aliphatic carbocycles. The summed E-state index contributed by atoms with van der Waals surface area (Å²) in [4.78, 5) is 11.5. The van der Waals surface area contributed by atoms with E-state index in [4.69, 9.17) is 12.2 Å². The van der Waals surface area contributed by atoms with E-state index in [9.17, 15) is 10.1 Å². The van der Waals surface area contributed by atoms with Crippen molar-refractivity contribution in [1.82, 2.24) is 14.9 Å². The van der Waals surface area contributed by atoms with E-state index >= 15 is 0 Å². The number of benzene rings is 1. The van der Waals surface area contributed by atoms with Crippen molar-refractivity contribution in [2.45, 2.75) is 0 Å². The smallest absolute Gasteiger partial charge is 0.258 e. The van der Waals surface area contributed by atoms with E-state index in [1.165, 1.54) is 28.3 Å². The predicted octanol–water partition coefficient (Wildman–Crippen LogP) is 4.12. The number of nitro benzene ring substituents is 1. The third-order valence-electron chi connectivity index (χ3n) is 3.07. The van der Waals surface area contributed by atoms with Crippen LogP contribution in [0.4, 0.5) is 5.69 Å². The molecule has 0 radical (unpaired) electrons. The molecular formula is C15H11N5O2S2. The number of allylic oxidation sites excluding steroid dienone is 1. The lowest BCUT2D eigenvalue weighted by Crippen LogP contribution is -1.92. The van der Waals surface area contributed by atoms with Gasteiger partial charge in [0, 0.05) is 12.3 Å². The van der Waals surface area contributed by atoms with Crippen LogP contribution in [0.1, 0.15) is 5.56 Å². The van der Waals surface area contributed by atoms with Gasteiger partial charge in [-0.05, 0) is 41.9 Å². The first-order valence-corrected chi connectivity index (χ1v) is 8.11. The van der Waals surface area contributed by atoms with Crippen LogP contribution in [0.3, 0.4) is 0 Å². The molecule has 3 aromatic rings. The van der Waals surface area contributed by atoms with Crippen LogP contribution in [-0.2, 0) is 0 Å². The Bertz CT molecular complexity index is 970. The van der Waals surface area contributed by atoms with E-state index < -0.39 is 4.92 Å². The molecule has 120 valence electrons. The average molecular weight is 357 g/mol. The highest BCUT2D eigenvalue weighted by Crippen LogP contribution is 2.22. The Balaban J connectivity index is 1.85. The number of nitrogens with zero attached hydrogens (tertiary/aromatic N) is 4. The molecule has 0 saturated heterocycles. The second-order valence-electron chi connectivity index (χ2n) is 4.58. The molecule has 3 rings (SSSR count). The fourth-order valence-electron chi connectivity index (χ4n) is 2.01. The van der Waals surface area contributed by atoms with E-state index in [1.54, 1.807) is 30.4 Å². The van der Waals surface area contributed by atoms with E-state index in [2.05, 4.69) is 15.3 Å². The van der Waals surface area contributed by atoms with Crippen molar-refractivity contribution >= 4 is 41.5 Å². The minimum atomic E-state index is -0.419. The number of H-pyrrole nitrogens is 1. The number of hydrogen-bond acceptors (Lipinski definition) is 6. The lowest BCUT2D eigenvalue weighted by atomic mass is 10.2. The summed E-state index contributed by atoms with van der Waals surface area (Å²) in [5.41, 5.74) is 0.546. The molecule has 9 heteroatoms. The molecule has 0 spiro atoms. The molecule has 0 unspecified atom stereocenters. The van der Waals surface area contributed by atoms with Gasteiger partial charge in [0.1, 0.15) is 0 Å². The van der Waals surface area contributed by atoms with E-state index in [1.807, 2.05) is 17.5 Å². The summed E-state index contributed by atoms with van der Waals surface area (Å²) >= 11 is 6.70. The van der Waals surface area contributed by atoms with Crippen molar-refractivity contribution in [2.24, 2.45) is 5.10 Å².